The highest BCUT2D eigenvalue weighted by atomic mass is 19.4. The fourth-order valence-electron chi connectivity index (χ4n) is 1.99. The number of allylic oxidation sites excluding steroid dienone is 1. The van der Waals surface area contributed by atoms with Crippen LogP contribution < -0.4 is 4.74 Å². The lowest BCUT2D eigenvalue weighted by Gasteiger charge is -2.08. The van der Waals surface area contributed by atoms with Crippen molar-refractivity contribution in [3.05, 3.63) is 77.9 Å². The molecule has 0 unspecified atom stereocenters. The number of halogens is 3. The Bertz CT molecular complexity index is 733. The maximum atomic E-state index is 12.1. The van der Waals surface area contributed by atoms with Crippen LogP contribution in [-0.2, 0) is 6.42 Å². The first kappa shape index (κ1) is 18.4. The molecule has 130 valence electrons. The fourth-order valence-corrected chi connectivity index (χ4v) is 1.99. The minimum absolute atomic E-state index is 0.273. The Kier molecular flexibility index (Phi) is 6.51. The van der Waals surface area contributed by atoms with Crippen LogP contribution in [0.15, 0.2) is 71.4 Å². The van der Waals surface area contributed by atoms with Gasteiger partial charge in [-0.05, 0) is 53.8 Å². The van der Waals surface area contributed by atoms with Gasteiger partial charge in [-0.25, -0.2) is 0 Å². The number of alkyl halides is 3. The number of rotatable bonds is 7. The smallest absolute Gasteiger partial charge is 0.406 e. The molecule has 0 aliphatic heterocycles. The standard InChI is InChI=1S/C19H17F3N2O/c1-2-3-4-15-5-7-16(8-6-15)13-23-24-14-17-9-11-18(12-10-17)25-19(20,21)22/h2,5-14H,1,3-4H2. The van der Waals surface area contributed by atoms with Gasteiger partial charge in [0.05, 0.1) is 12.4 Å². The lowest BCUT2D eigenvalue weighted by Crippen LogP contribution is -2.16. The fraction of sp³-hybridized carbons (Fsp3) is 0.158. The largest absolute Gasteiger partial charge is 0.573 e. The molecular weight excluding hydrogens is 329 g/mol. The zero-order chi connectivity index (χ0) is 18.1. The van der Waals surface area contributed by atoms with Gasteiger partial charge in [0.1, 0.15) is 5.75 Å². The topological polar surface area (TPSA) is 34.0 Å². The molecule has 25 heavy (non-hydrogen) atoms. The molecule has 0 N–H and O–H groups in total. The summed E-state index contributed by atoms with van der Waals surface area (Å²) in [5.41, 5.74) is 2.75. The second-order valence-electron chi connectivity index (χ2n) is 5.17. The monoisotopic (exact) mass is 346 g/mol. The maximum absolute atomic E-state index is 12.1. The van der Waals surface area contributed by atoms with Crippen LogP contribution in [0, 0.1) is 0 Å². The van der Waals surface area contributed by atoms with Crippen LogP contribution in [0.4, 0.5) is 13.2 Å². The van der Waals surface area contributed by atoms with Gasteiger partial charge in [0.2, 0.25) is 0 Å². The molecular formula is C19H17F3N2O. The van der Waals surface area contributed by atoms with E-state index in [9.17, 15) is 13.2 Å². The Morgan fingerprint density at radius 3 is 1.88 bits per heavy atom. The van der Waals surface area contributed by atoms with Crippen molar-refractivity contribution in [3.63, 3.8) is 0 Å². The van der Waals surface area contributed by atoms with Crippen molar-refractivity contribution >= 4 is 12.4 Å². The first-order valence-corrected chi connectivity index (χ1v) is 7.58. The van der Waals surface area contributed by atoms with Crippen molar-refractivity contribution < 1.29 is 17.9 Å². The van der Waals surface area contributed by atoms with E-state index in [1.165, 1.54) is 36.0 Å². The Labute approximate surface area is 144 Å². The van der Waals surface area contributed by atoms with Crippen molar-refractivity contribution in [3.8, 4) is 5.75 Å². The molecule has 0 bridgehead atoms. The third-order valence-corrected chi connectivity index (χ3v) is 3.21. The Morgan fingerprint density at radius 2 is 1.40 bits per heavy atom. The molecule has 0 spiro atoms. The summed E-state index contributed by atoms with van der Waals surface area (Å²) in [5.74, 6) is -0.273. The molecule has 0 saturated carbocycles. The molecule has 0 heterocycles. The Balaban J connectivity index is 1.89. The van der Waals surface area contributed by atoms with Crippen LogP contribution in [0.2, 0.25) is 0 Å². The molecule has 0 aliphatic rings. The van der Waals surface area contributed by atoms with Crippen LogP contribution in [0.1, 0.15) is 23.1 Å². The van der Waals surface area contributed by atoms with Gasteiger partial charge in [-0.15, -0.1) is 19.8 Å². The van der Waals surface area contributed by atoms with Crippen molar-refractivity contribution in [2.75, 3.05) is 0 Å². The number of hydrogen-bond donors (Lipinski definition) is 0. The predicted octanol–water partition coefficient (Wildman–Crippen LogP) is 5.16. The van der Waals surface area contributed by atoms with Gasteiger partial charge >= 0.3 is 6.36 Å². The van der Waals surface area contributed by atoms with Gasteiger partial charge in [0.25, 0.3) is 0 Å². The van der Waals surface area contributed by atoms with E-state index >= 15 is 0 Å². The summed E-state index contributed by atoms with van der Waals surface area (Å²) >= 11 is 0. The van der Waals surface area contributed by atoms with E-state index in [0.29, 0.717) is 5.56 Å². The normalized spacial score (nSPS) is 12.0. The first-order valence-electron chi connectivity index (χ1n) is 7.58. The SMILES string of the molecule is C=CCCc1ccc(C=NN=Cc2ccc(OC(F)(F)F)cc2)cc1. The van der Waals surface area contributed by atoms with E-state index in [4.69, 9.17) is 0 Å². The summed E-state index contributed by atoms with van der Waals surface area (Å²) in [6.07, 6.45) is 2.13. The molecule has 2 aromatic carbocycles. The van der Waals surface area contributed by atoms with Gasteiger partial charge in [-0.3, -0.25) is 0 Å². The summed E-state index contributed by atoms with van der Waals surface area (Å²) in [5, 5.41) is 7.81. The minimum Gasteiger partial charge on any atom is -0.406 e. The van der Waals surface area contributed by atoms with Gasteiger partial charge in [0.15, 0.2) is 0 Å². The van der Waals surface area contributed by atoms with Crippen LogP contribution in [0.25, 0.3) is 0 Å². The van der Waals surface area contributed by atoms with Gasteiger partial charge in [-0.1, -0.05) is 30.3 Å². The molecule has 0 saturated heterocycles. The third kappa shape index (κ3) is 7.03. The average Bonchev–Trinajstić information content (AvgIpc) is 2.58. The van der Waals surface area contributed by atoms with Crippen molar-refractivity contribution in [2.24, 2.45) is 10.2 Å². The summed E-state index contributed by atoms with van der Waals surface area (Å²) in [6, 6.07) is 13.3. The number of hydrogen-bond acceptors (Lipinski definition) is 3. The highest BCUT2D eigenvalue weighted by Gasteiger charge is 2.30. The minimum atomic E-state index is -4.69. The van der Waals surface area contributed by atoms with E-state index in [1.807, 2.05) is 30.3 Å². The van der Waals surface area contributed by atoms with E-state index in [-0.39, 0.29) is 5.75 Å². The molecule has 2 rings (SSSR count). The Morgan fingerprint density at radius 1 is 0.880 bits per heavy atom. The molecule has 3 nitrogen and oxygen atoms in total. The van der Waals surface area contributed by atoms with E-state index in [1.54, 1.807) is 6.21 Å². The number of aryl methyl sites for hydroxylation is 1. The number of ether oxygens (including phenoxy) is 1. The lowest BCUT2D eigenvalue weighted by atomic mass is 10.1. The highest BCUT2D eigenvalue weighted by Crippen LogP contribution is 2.22. The number of nitrogens with zero attached hydrogens (tertiary/aromatic N) is 2. The van der Waals surface area contributed by atoms with Crippen molar-refractivity contribution in [2.45, 2.75) is 19.2 Å². The molecule has 0 fully saturated rings. The van der Waals surface area contributed by atoms with Crippen LogP contribution in [0.3, 0.4) is 0 Å². The first-order chi connectivity index (χ1) is 12.0. The molecule has 0 amide bonds. The second-order valence-corrected chi connectivity index (χ2v) is 5.17. The average molecular weight is 346 g/mol. The third-order valence-electron chi connectivity index (χ3n) is 3.21. The van der Waals surface area contributed by atoms with Gasteiger partial charge in [-0.2, -0.15) is 10.2 Å². The summed E-state index contributed by atoms with van der Waals surface area (Å²) in [6.45, 7) is 3.69. The lowest BCUT2D eigenvalue weighted by molar-refractivity contribution is -0.274. The summed E-state index contributed by atoms with van der Waals surface area (Å²) in [7, 11) is 0. The van der Waals surface area contributed by atoms with Crippen LogP contribution in [0.5, 0.6) is 5.75 Å². The summed E-state index contributed by atoms with van der Waals surface area (Å²) < 4.78 is 40.0. The van der Waals surface area contributed by atoms with E-state index < -0.39 is 6.36 Å². The maximum Gasteiger partial charge on any atom is 0.573 e. The molecule has 0 aromatic heterocycles. The van der Waals surface area contributed by atoms with Crippen LogP contribution in [-0.4, -0.2) is 18.8 Å². The van der Waals surface area contributed by atoms with Gasteiger partial charge in [0, 0.05) is 0 Å². The molecule has 0 atom stereocenters. The number of benzene rings is 2. The molecule has 0 radical (unpaired) electrons. The van der Waals surface area contributed by atoms with Gasteiger partial charge < -0.3 is 4.74 Å². The van der Waals surface area contributed by atoms with E-state index in [2.05, 4.69) is 21.5 Å². The zero-order valence-corrected chi connectivity index (χ0v) is 13.4. The molecule has 2 aromatic rings. The zero-order valence-electron chi connectivity index (χ0n) is 13.4. The van der Waals surface area contributed by atoms with Crippen molar-refractivity contribution in [1.29, 1.82) is 0 Å². The molecule has 6 heteroatoms. The predicted molar refractivity (Wildman–Crippen MR) is 93.3 cm³/mol. The van der Waals surface area contributed by atoms with Crippen LogP contribution >= 0.6 is 0 Å². The summed E-state index contributed by atoms with van der Waals surface area (Å²) in [4.78, 5) is 0. The molecule has 0 aliphatic carbocycles. The highest BCUT2D eigenvalue weighted by molar-refractivity contribution is 5.82. The van der Waals surface area contributed by atoms with E-state index in [0.717, 1.165) is 18.4 Å². The quantitative estimate of drug-likeness (QED) is 0.387. The second kappa shape index (κ2) is 8.82. The van der Waals surface area contributed by atoms with Crippen molar-refractivity contribution in [1.82, 2.24) is 0 Å². The Hall–Kier alpha value is -2.89.